The summed E-state index contributed by atoms with van der Waals surface area (Å²) in [7, 11) is 1.67. The Labute approximate surface area is 126 Å². The van der Waals surface area contributed by atoms with Crippen LogP contribution in [0, 0.1) is 0 Å². The molecule has 0 saturated carbocycles. The van der Waals surface area contributed by atoms with E-state index in [1.807, 2.05) is 32.0 Å². The molecule has 0 aliphatic carbocycles. The zero-order valence-corrected chi connectivity index (χ0v) is 13.3. The first-order valence-corrected chi connectivity index (χ1v) is 7.47. The molecule has 0 fully saturated rings. The summed E-state index contributed by atoms with van der Waals surface area (Å²) in [5.41, 5.74) is 2.02. The van der Waals surface area contributed by atoms with E-state index in [0.717, 1.165) is 41.0 Å². The number of ether oxygens (including phenoxy) is 2. The smallest absolute Gasteiger partial charge is 0.132 e. The van der Waals surface area contributed by atoms with Crippen LogP contribution in [0.3, 0.4) is 0 Å². The van der Waals surface area contributed by atoms with E-state index in [1.54, 1.807) is 7.11 Å². The van der Waals surface area contributed by atoms with E-state index >= 15 is 0 Å². The van der Waals surface area contributed by atoms with Crippen molar-refractivity contribution in [2.75, 3.05) is 19.0 Å². The van der Waals surface area contributed by atoms with Gasteiger partial charge in [0.2, 0.25) is 0 Å². The maximum absolute atomic E-state index is 5.74. The molecule has 0 bridgehead atoms. The summed E-state index contributed by atoms with van der Waals surface area (Å²) in [6.45, 7) is 7.69. The molecule has 21 heavy (non-hydrogen) atoms. The van der Waals surface area contributed by atoms with Gasteiger partial charge in [0.05, 0.1) is 25.3 Å². The molecule has 0 atom stereocenters. The predicted octanol–water partition coefficient (Wildman–Crippen LogP) is 3.99. The topological polar surface area (TPSA) is 43.4 Å². The molecule has 0 spiro atoms. The number of hydrogen-bond acceptors (Lipinski definition) is 4. The molecule has 0 aliphatic rings. The van der Waals surface area contributed by atoms with Crippen molar-refractivity contribution in [2.24, 2.45) is 0 Å². The van der Waals surface area contributed by atoms with Gasteiger partial charge in [0, 0.05) is 23.6 Å². The largest absolute Gasteiger partial charge is 0.497 e. The molecule has 1 N–H and O–H groups in total. The number of nitrogens with zero attached hydrogens (tertiary/aromatic N) is 1. The highest BCUT2D eigenvalue weighted by Gasteiger charge is 2.08. The van der Waals surface area contributed by atoms with Gasteiger partial charge in [-0.05, 0) is 38.5 Å². The first-order valence-electron chi connectivity index (χ1n) is 7.47. The standard InChI is InChI=1S/C17H24N2O2/c1-5-8-18-17-14(11-21-12(2)3)9-13-6-7-15(20-4)10-16(13)19-17/h6-7,9-10,12H,5,8,11H2,1-4H3,(H,18,19). The van der Waals surface area contributed by atoms with Crippen molar-refractivity contribution in [3.05, 3.63) is 29.8 Å². The number of pyridine rings is 1. The second-order valence-corrected chi connectivity index (χ2v) is 5.34. The van der Waals surface area contributed by atoms with Crippen molar-refractivity contribution < 1.29 is 9.47 Å². The molecule has 4 nitrogen and oxygen atoms in total. The molecule has 114 valence electrons. The zero-order chi connectivity index (χ0) is 15.2. The average molecular weight is 288 g/mol. The third kappa shape index (κ3) is 4.08. The molecular weight excluding hydrogens is 264 g/mol. The van der Waals surface area contributed by atoms with Crippen LogP contribution in [0.5, 0.6) is 5.75 Å². The molecule has 0 saturated heterocycles. The second-order valence-electron chi connectivity index (χ2n) is 5.34. The van der Waals surface area contributed by atoms with Gasteiger partial charge < -0.3 is 14.8 Å². The summed E-state index contributed by atoms with van der Waals surface area (Å²) in [5.74, 6) is 1.72. The maximum atomic E-state index is 5.74. The Morgan fingerprint density at radius 3 is 2.71 bits per heavy atom. The molecule has 0 unspecified atom stereocenters. The molecule has 0 amide bonds. The number of rotatable bonds is 7. The van der Waals surface area contributed by atoms with Gasteiger partial charge in [-0.25, -0.2) is 4.98 Å². The Morgan fingerprint density at radius 2 is 2.05 bits per heavy atom. The Morgan fingerprint density at radius 1 is 1.24 bits per heavy atom. The predicted molar refractivity (Wildman–Crippen MR) is 87.0 cm³/mol. The molecule has 1 heterocycles. The molecule has 2 aromatic rings. The van der Waals surface area contributed by atoms with Gasteiger partial charge in [-0.3, -0.25) is 0 Å². The van der Waals surface area contributed by atoms with Crippen molar-refractivity contribution in [1.82, 2.24) is 4.98 Å². The fraction of sp³-hybridized carbons (Fsp3) is 0.471. The van der Waals surface area contributed by atoms with Crippen molar-refractivity contribution in [3.8, 4) is 5.75 Å². The third-order valence-corrected chi connectivity index (χ3v) is 3.22. The molecule has 1 aromatic heterocycles. The van der Waals surface area contributed by atoms with Crippen LogP contribution < -0.4 is 10.1 Å². The number of nitrogens with one attached hydrogen (secondary N) is 1. The van der Waals surface area contributed by atoms with E-state index in [9.17, 15) is 0 Å². The molecule has 0 radical (unpaired) electrons. The van der Waals surface area contributed by atoms with Gasteiger partial charge >= 0.3 is 0 Å². The van der Waals surface area contributed by atoms with Crippen molar-refractivity contribution in [2.45, 2.75) is 39.9 Å². The monoisotopic (exact) mass is 288 g/mol. The summed E-state index contributed by atoms with van der Waals surface area (Å²) in [6.07, 6.45) is 1.26. The number of benzene rings is 1. The first kappa shape index (κ1) is 15.6. The number of anilines is 1. The zero-order valence-electron chi connectivity index (χ0n) is 13.3. The third-order valence-electron chi connectivity index (χ3n) is 3.22. The van der Waals surface area contributed by atoms with E-state index in [-0.39, 0.29) is 6.10 Å². The van der Waals surface area contributed by atoms with Crippen LogP contribution in [-0.2, 0) is 11.3 Å². The van der Waals surface area contributed by atoms with Gasteiger partial charge in [-0.1, -0.05) is 6.92 Å². The van der Waals surface area contributed by atoms with Crippen LogP contribution in [0.2, 0.25) is 0 Å². The van der Waals surface area contributed by atoms with Crippen LogP contribution in [0.4, 0.5) is 5.82 Å². The lowest BCUT2D eigenvalue weighted by atomic mass is 10.1. The summed E-state index contributed by atoms with van der Waals surface area (Å²) < 4.78 is 11.0. The normalized spacial score (nSPS) is 11.1. The number of hydrogen-bond donors (Lipinski definition) is 1. The van der Waals surface area contributed by atoms with Crippen molar-refractivity contribution >= 4 is 16.7 Å². The lowest BCUT2D eigenvalue weighted by molar-refractivity contribution is 0.0660. The maximum Gasteiger partial charge on any atom is 0.132 e. The lowest BCUT2D eigenvalue weighted by Crippen LogP contribution is -2.09. The van der Waals surface area contributed by atoms with Crippen LogP contribution in [-0.4, -0.2) is 24.7 Å². The highest BCUT2D eigenvalue weighted by molar-refractivity contribution is 5.83. The number of methoxy groups -OCH3 is 1. The molecule has 0 aliphatic heterocycles. The average Bonchev–Trinajstić information content (AvgIpc) is 2.49. The minimum atomic E-state index is 0.204. The van der Waals surface area contributed by atoms with Crippen LogP contribution >= 0.6 is 0 Å². The SMILES string of the molecule is CCCNc1nc2cc(OC)ccc2cc1COC(C)C. The fourth-order valence-electron chi connectivity index (χ4n) is 2.08. The molecule has 2 rings (SSSR count). The van der Waals surface area contributed by atoms with E-state index in [0.29, 0.717) is 6.61 Å². The summed E-state index contributed by atoms with van der Waals surface area (Å²) in [6, 6.07) is 8.08. The highest BCUT2D eigenvalue weighted by Crippen LogP contribution is 2.25. The van der Waals surface area contributed by atoms with Gasteiger partial charge in [-0.15, -0.1) is 0 Å². The summed E-state index contributed by atoms with van der Waals surface area (Å²) in [5, 5.41) is 4.48. The van der Waals surface area contributed by atoms with E-state index < -0.39 is 0 Å². The van der Waals surface area contributed by atoms with Crippen LogP contribution in [0.25, 0.3) is 10.9 Å². The molecule has 1 aromatic carbocycles. The highest BCUT2D eigenvalue weighted by atomic mass is 16.5. The van der Waals surface area contributed by atoms with Crippen LogP contribution in [0.1, 0.15) is 32.8 Å². The van der Waals surface area contributed by atoms with Crippen molar-refractivity contribution in [3.63, 3.8) is 0 Å². The summed E-state index contributed by atoms with van der Waals surface area (Å²) >= 11 is 0. The van der Waals surface area contributed by atoms with E-state index in [4.69, 9.17) is 14.5 Å². The van der Waals surface area contributed by atoms with E-state index in [2.05, 4.69) is 18.3 Å². The van der Waals surface area contributed by atoms with E-state index in [1.165, 1.54) is 0 Å². The number of fused-ring (bicyclic) bond motifs is 1. The Kier molecular flexibility index (Phi) is 5.39. The minimum absolute atomic E-state index is 0.204. The Balaban J connectivity index is 2.38. The van der Waals surface area contributed by atoms with Crippen molar-refractivity contribution in [1.29, 1.82) is 0 Å². The Bertz CT molecular complexity index is 597. The first-order chi connectivity index (χ1) is 10.1. The van der Waals surface area contributed by atoms with Gasteiger partial charge in [0.15, 0.2) is 0 Å². The molecular formula is C17H24N2O2. The van der Waals surface area contributed by atoms with Gasteiger partial charge in [-0.2, -0.15) is 0 Å². The minimum Gasteiger partial charge on any atom is -0.497 e. The van der Waals surface area contributed by atoms with Crippen LogP contribution in [0.15, 0.2) is 24.3 Å². The summed E-state index contributed by atoms with van der Waals surface area (Å²) in [4.78, 5) is 4.73. The number of aromatic nitrogens is 1. The quantitative estimate of drug-likeness (QED) is 0.836. The van der Waals surface area contributed by atoms with Gasteiger partial charge in [0.25, 0.3) is 0 Å². The second kappa shape index (κ2) is 7.27. The molecule has 4 heteroatoms. The Hall–Kier alpha value is -1.81. The lowest BCUT2D eigenvalue weighted by Gasteiger charge is -2.14. The van der Waals surface area contributed by atoms with Gasteiger partial charge in [0.1, 0.15) is 11.6 Å². The fourth-order valence-corrected chi connectivity index (χ4v) is 2.08.